The molecule has 3 unspecified atom stereocenters. The number of nitrogens with zero attached hydrogens (tertiary/aromatic N) is 2. The van der Waals surface area contributed by atoms with Gasteiger partial charge in [0.1, 0.15) is 17.9 Å². The summed E-state index contributed by atoms with van der Waals surface area (Å²) in [6, 6.07) is 9.72. The van der Waals surface area contributed by atoms with Gasteiger partial charge in [0.05, 0.1) is 13.2 Å². The van der Waals surface area contributed by atoms with Gasteiger partial charge in [-0.1, -0.05) is 30.3 Å². The van der Waals surface area contributed by atoms with Gasteiger partial charge < -0.3 is 10.2 Å². The second-order valence-electron chi connectivity index (χ2n) is 4.70. The van der Waals surface area contributed by atoms with Gasteiger partial charge in [-0.2, -0.15) is 5.01 Å². The van der Waals surface area contributed by atoms with Gasteiger partial charge in [0.15, 0.2) is 0 Å². The average molecular weight is 236 g/mol. The predicted molar refractivity (Wildman–Crippen MR) is 60.3 cm³/mol. The lowest BCUT2D eigenvalue weighted by Crippen LogP contribution is -2.48. The van der Waals surface area contributed by atoms with Crippen LogP contribution >= 0.6 is 0 Å². The van der Waals surface area contributed by atoms with Gasteiger partial charge in [0.25, 0.3) is 0 Å². The number of hydrogen-bond donors (Lipinski definition) is 2. The van der Waals surface area contributed by atoms with Crippen molar-refractivity contribution >= 4 is 0 Å². The van der Waals surface area contributed by atoms with Gasteiger partial charge in [-0.05, 0) is 12.5 Å². The molecule has 4 atom stereocenters. The highest BCUT2D eigenvalue weighted by Crippen LogP contribution is 2.41. The van der Waals surface area contributed by atoms with Crippen LogP contribution in [0.2, 0.25) is 0 Å². The van der Waals surface area contributed by atoms with Crippen LogP contribution in [-0.2, 0) is 10.4 Å². The van der Waals surface area contributed by atoms with Crippen molar-refractivity contribution in [2.45, 2.75) is 24.8 Å². The van der Waals surface area contributed by atoms with Crippen LogP contribution in [0.25, 0.3) is 0 Å². The largest absolute Gasteiger partial charge is 0.388 e. The van der Waals surface area contributed by atoms with Crippen LogP contribution in [0.5, 0.6) is 0 Å². The first kappa shape index (κ1) is 11.1. The van der Waals surface area contributed by atoms with Crippen LogP contribution in [-0.4, -0.2) is 45.9 Å². The Labute approximate surface area is 99.8 Å². The van der Waals surface area contributed by atoms with Crippen LogP contribution in [0, 0.1) is 0 Å². The molecule has 0 radical (unpaired) electrons. The molecule has 1 aromatic rings. The molecule has 3 rings (SSSR count). The second-order valence-corrected chi connectivity index (χ2v) is 4.70. The van der Waals surface area contributed by atoms with E-state index in [-0.39, 0.29) is 6.61 Å². The molecule has 0 aromatic heterocycles. The van der Waals surface area contributed by atoms with Crippen molar-refractivity contribution in [3.05, 3.63) is 35.9 Å². The maximum atomic E-state index is 10.2. The third-order valence-corrected chi connectivity index (χ3v) is 3.55. The molecular formula is C12H16N2O3. The zero-order valence-electron chi connectivity index (χ0n) is 9.65. The van der Waals surface area contributed by atoms with Gasteiger partial charge >= 0.3 is 0 Å². The van der Waals surface area contributed by atoms with Crippen LogP contribution in [0.3, 0.4) is 0 Å². The van der Waals surface area contributed by atoms with E-state index in [9.17, 15) is 10.2 Å². The number of hydroxylamine groups is 1. The molecule has 92 valence electrons. The molecule has 5 heteroatoms. The van der Waals surface area contributed by atoms with E-state index in [0.29, 0.717) is 6.54 Å². The van der Waals surface area contributed by atoms with Gasteiger partial charge in [-0.25, -0.2) is 0 Å². The molecule has 2 heterocycles. The van der Waals surface area contributed by atoms with Crippen molar-refractivity contribution in [2.75, 3.05) is 13.2 Å². The molecule has 17 heavy (non-hydrogen) atoms. The number of hydrogen-bond acceptors (Lipinski definition) is 5. The van der Waals surface area contributed by atoms with Crippen molar-refractivity contribution in [3.63, 3.8) is 0 Å². The number of β-amino-alcohol motifs (C(OH)–C–C–N with tert-alkyl or cyclic N) is 1. The van der Waals surface area contributed by atoms with E-state index < -0.39 is 17.9 Å². The van der Waals surface area contributed by atoms with Gasteiger partial charge in [0.2, 0.25) is 0 Å². The van der Waals surface area contributed by atoms with E-state index in [1.807, 2.05) is 37.3 Å². The molecule has 5 nitrogen and oxygen atoms in total. The lowest BCUT2D eigenvalue weighted by atomic mass is 9.88. The Hall–Kier alpha value is -0.980. The fourth-order valence-electron chi connectivity index (χ4n) is 2.30. The van der Waals surface area contributed by atoms with Gasteiger partial charge in [-0.15, -0.1) is 5.17 Å². The lowest BCUT2D eigenvalue weighted by Gasteiger charge is -2.35. The monoisotopic (exact) mass is 236 g/mol. The molecule has 2 N–H and O–H groups in total. The Bertz CT molecular complexity index is 413. The fourth-order valence-corrected chi connectivity index (χ4v) is 2.30. The summed E-state index contributed by atoms with van der Waals surface area (Å²) in [5.74, 6) is 0. The highest BCUT2D eigenvalue weighted by molar-refractivity contribution is 5.26. The van der Waals surface area contributed by atoms with E-state index in [4.69, 9.17) is 4.84 Å². The molecule has 0 bridgehead atoms. The van der Waals surface area contributed by atoms with Crippen LogP contribution in [0.1, 0.15) is 12.5 Å². The quantitative estimate of drug-likeness (QED) is 0.711. The molecule has 0 saturated carbocycles. The maximum absolute atomic E-state index is 10.2. The normalized spacial score (nSPS) is 41.7. The van der Waals surface area contributed by atoms with Crippen molar-refractivity contribution in [1.29, 1.82) is 0 Å². The summed E-state index contributed by atoms with van der Waals surface area (Å²) < 4.78 is 0. The molecule has 1 aromatic carbocycles. The standard InChI is InChI=1S/C12H16N2O3/c1-12(9-5-3-2-4-6-9)10(15)8-17-14(12)13-7-11(13)16/h2-6,10-11,15-16H,7-8H2,1H3/t10-,11?,12?,13?/m1/s1. The van der Waals surface area contributed by atoms with Gasteiger partial charge in [-0.3, -0.25) is 4.84 Å². The Balaban J connectivity index is 1.97. The fraction of sp³-hybridized carbons (Fsp3) is 0.500. The van der Waals surface area contributed by atoms with Crippen LogP contribution in [0.4, 0.5) is 0 Å². The SMILES string of the molecule is CC1(c2ccccc2)[C@H](O)CON1N1CC1O. The summed E-state index contributed by atoms with van der Waals surface area (Å²) in [6.45, 7) is 2.72. The van der Waals surface area contributed by atoms with E-state index in [0.717, 1.165) is 5.56 Å². The zero-order valence-corrected chi connectivity index (χ0v) is 9.65. The first-order chi connectivity index (χ1) is 8.14. The van der Waals surface area contributed by atoms with E-state index in [2.05, 4.69) is 0 Å². The Morgan fingerprint density at radius 2 is 1.94 bits per heavy atom. The summed E-state index contributed by atoms with van der Waals surface area (Å²) in [7, 11) is 0. The summed E-state index contributed by atoms with van der Waals surface area (Å²) in [6.07, 6.45) is -1.11. The van der Waals surface area contributed by atoms with E-state index >= 15 is 0 Å². The van der Waals surface area contributed by atoms with Crippen molar-refractivity contribution in [2.24, 2.45) is 0 Å². The zero-order chi connectivity index (χ0) is 12.0. The molecule has 0 spiro atoms. The van der Waals surface area contributed by atoms with Crippen LogP contribution < -0.4 is 0 Å². The number of aliphatic hydroxyl groups is 2. The Morgan fingerprint density at radius 3 is 2.53 bits per heavy atom. The number of aliphatic hydroxyl groups excluding tert-OH is 2. The molecule has 2 saturated heterocycles. The summed E-state index contributed by atoms with van der Waals surface area (Å²) in [5.41, 5.74) is 0.336. The molecule has 0 amide bonds. The predicted octanol–water partition coefficient (Wildman–Crippen LogP) is 0.0589. The van der Waals surface area contributed by atoms with Crippen molar-refractivity contribution < 1.29 is 15.1 Å². The highest BCUT2D eigenvalue weighted by Gasteiger charge is 2.55. The van der Waals surface area contributed by atoms with Crippen LogP contribution in [0.15, 0.2) is 30.3 Å². The molecule has 2 aliphatic heterocycles. The minimum Gasteiger partial charge on any atom is -0.388 e. The topological polar surface area (TPSA) is 55.9 Å². The van der Waals surface area contributed by atoms with E-state index in [1.54, 1.807) is 10.2 Å². The van der Waals surface area contributed by atoms with E-state index in [1.165, 1.54) is 0 Å². The smallest absolute Gasteiger partial charge is 0.136 e. The summed E-state index contributed by atoms with van der Waals surface area (Å²) >= 11 is 0. The Kier molecular flexibility index (Phi) is 2.46. The summed E-state index contributed by atoms with van der Waals surface area (Å²) in [4.78, 5) is 5.48. The minimum atomic E-state index is -0.640. The number of hydrazine groups is 1. The molecule has 2 fully saturated rings. The first-order valence-electron chi connectivity index (χ1n) is 5.75. The maximum Gasteiger partial charge on any atom is 0.136 e. The second kappa shape index (κ2) is 3.76. The molecule has 2 aliphatic rings. The molecule has 0 aliphatic carbocycles. The highest BCUT2D eigenvalue weighted by atomic mass is 16.7. The number of benzene rings is 1. The summed E-state index contributed by atoms with van der Waals surface area (Å²) in [5, 5.41) is 22.9. The van der Waals surface area contributed by atoms with Gasteiger partial charge in [0, 0.05) is 0 Å². The lowest BCUT2D eigenvalue weighted by molar-refractivity contribution is -0.267. The minimum absolute atomic E-state index is 0.245. The average Bonchev–Trinajstić information content (AvgIpc) is 2.98. The van der Waals surface area contributed by atoms with Crippen molar-refractivity contribution in [1.82, 2.24) is 10.2 Å². The molecular weight excluding hydrogens is 220 g/mol. The third-order valence-electron chi connectivity index (χ3n) is 3.55. The van der Waals surface area contributed by atoms with Crippen molar-refractivity contribution in [3.8, 4) is 0 Å². The first-order valence-corrected chi connectivity index (χ1v) is 5.75. The third kappa shape index (κ3) is 1.59. The number of rotatable bonds is 2. The Morgan fingerprint density at radius 1 is 1.29 bits per heavy atom.